The van der Waals surface area contributed by atoms with Crippen LogP contribution in [0.3, 0.4) is 0 Å². The van der Waals surface area contributed by atoms with Gasteiger partial charge < -0.3 is 15.0 Å². The number of likely N-dealkylation sites (tertiary alicyclic amines) is 1. The van der Waals surface area contributed by atoms with Gasteiger partial charge in [-0.25, -0.2) is 4.52 Å². The lowest BCUT2D eigenvalue weighted by molar-refractivity contribution is -0.119. The molecule has 1 N–H and O–H groups in total. The van der Waals surface area contributed by atoms with Gasteiger partial charge in [-0.2, -0.15) is 10.1 Å². The molecule has 3 heterocycles. The van der Waals surface area contributed by atoms with Crippen molar-refractivity contribution in [3.8, 4) is 11.3 Å². The van der Waals surface area contributed by atoms with E-state index in [1.807, 2.05) is 24.4 Å². The molecule has 1 amide bonds. The minimum absolute atomic E-state index is 0.0433. The average Bonchev–Trinajstić information content (AvgIpc) is 3.33. The molecular weight excluding hydrogens is 390 g/mol. The molecular formula is C20H23N5O3S. The Kier molecular flexibility index (Phi) is 5.70. The summed E-state index contributed by atoms with van der Waals surface area (Å²) in [6.07, 6.45) is 0.806. The van der Waals surface area contributed by atoms with E-state index in [0.29, 0.717) is 29.4 Å². The first-order valence-electron chi connectivity index (χ1n) is 9.53. The Hall–Kier alpha value is -2.62. The van der Waals surface area contributed by atoms with Gasteiger partial charge in [0.05, 0.1) is 23.9 Å². The zero-order valence-electron chi connectivity index (χ0n) is 16.4. The minimum atomic E-state index is -0.403. The third kappa shape index (κ3) is 4.07. The highest BCUT2D eigenvalue weighted by Crippen LogP contribution is 2.26. The number of nitrogens with zero attached hydrogens (tertiary/aromatic N) is 4. The Morgan fingerprint density at radius 3 is 3.03 bits per heavy atom. The largest absolute Gasteiger partial charge is 0.383 e. The van der Waals surface area contributed by atoms with Gasteiger partial charge in [-0.1, -0.05) is 18.2 Å². The number of benzene rings is 1. The molecule has 29 heavy (non-hydrogen) atoms. The van der Waals surface area contributed by atoms with Crippen molar-refractivity contribution < 1.29 is 9.53 Å². The second kappa shape index (κ2) is 8.40. The number of aryl methyl sites for hydroxylation is 1. The van der Waals surface area contributed by atoms with Crippen molar-refractivity contribution in [3.63, 3.8) is 0 Å². The summed E-state index contributed by atoms with van der Waals surface area (Å²) in [5.41, 5.74) is 1.88. The molecule has 1 saturated heterocycles. The molecule has 9 heteroatoms. The first-order chi connectivity index (χ1) is 14.1. The number of carbonyl (C=O) groups is 1. The van der Waals surface area contributed by atoms with Crippen LogP contribution in [0.25, 0.3) is 16.2 Å². The average molecular weight is 414 g/mol. The number of para-hydroxylation sites is 1. The summed E-state index contributed by atoms with van der Waals surface area (Å²) in [5, 5.41) is 9.40. The van der Waals surface area contributed by atoms with E-state index in [0.717, 1.165) is 25.2 Å². The summed E-state index contributed by atoms with van der Waals surface area (Å²) in [6, 6.07) is 7.23. The van der Waals surface area contributed by atoms with Crippen molar-refractivity contribution in [2.45, 2.75) is 13.3 Å². The summed E-state index contributed by atoms with van der Waals surface area (Å²) in [5.74, 6) is -0.132. The van der Waals surface area contributed by atoms with E-state index >= 15 is 0 Å². The first-order valence-corrected chi connectivity index (χ1v) is 10.4. The number of thiazole rings is 1. The van der Waals surface area contributed by atoms with E-state index in [1.54, 1.807) is 23.8 Å². The van der Waals surface area contributed by atoms with Crippen LogP contribution in [0.2, 0.25) is 0 Å². The number of nitrogens with one attached hydrogen (secondary N) is 1. The third-order valence-electron chi connectivity index (χ3n) is 5.14. The highest BCUT2D eigenvalue weighted by Gasteiger charge is 2.28. The molecule has 3 aromatic rings. The van der Waals surface area contributed by atoms with Gasteiger partial charge in [-0.3, -0.25) is 9.59 Å². The summed E-state index contributed by atoms with van der Waals surface area (Å²) in [7, 11) is 1.68. The van der Waals surface area contributed by atoms with Crippen molar-refractivity contribution in [2.75, 3.05) is 38.7 Å². The van der Waals surface area contributed by atoms with Crippen molar-refractivity contribution in [2.24, 2.45) is 5.92 Å². The number of fused-ring (bicyclic) bond motifs is 1. The lowest BCUT2D eigenvalue weighted by Gasteiger charge is -2.16. The van der Waals surface area contributed by atoms with Gasteiger partial charge in [0.15, 0.2) is 5.69 Å². The smallest absolute Gasteiger partial charge is 0.300 e. The number of aromatic nitrogens is 3. The topological polar surface area (TPSA) is 88.8 Å². The maximum atomic E-state index is 12.8. The van der Waals surface area contributed by atoms with Crippen LogP contribution >= 0.6 is 11.3 Å². The maximum Gasteiger partial charge on any atom is 0.300 e. The molecule has 0 saturated carbocycles. The lowest BCUT2D eigenvalue weighted by Crippen LogP contribution is -2.29. The predicted octanol–water partition coefficient (Wildman–Crippen LogP) is 2.03. The molecule has 4 rings (SSSR count). The third-order valence-corrected chi connectivity index (χ3v) is 6.08. The van der Waals surface area contributed by atoms with E-state index in [2.05, 4.69) is 20.3 Å². The number of carbonyl (C=O) groups excluding carboxylic acids is 1. The van der Waals surface area contributed by atoms with Crippen LogP contribution in [0, 0.1) is 12.8 Å². The van der Waals surface area contributed by atoms with Crippen molar-refractivity contribution in [1.29, 1.82) is 0 Å². The predicted molar refractivity (Wildman–Crippen MR) is 112 cm³/mol. The zero-order valence-corrected chi connectivity index (χ0v) is 17.2. The number of anilines is 1. The highest BCUT2D eigenvalue weighted by molar-refractivity contribution is 7.15. The van der Waals surface area contributed by atoms with Crippen LogP contribution in [-0.4, -0.2) is 58.8 Å². The van der Waals surface area contributed by atoms with Gasteiger partial charge in [0, 0.05) is 31.1 Å². The molecule has 1 aliphatic heterocycles. The van der Waals surface area contributed by atoms with Gasteiger partial charge in [-0.15, -0.1) is 11.3 Å². The molecule has 152 valence electrons. The Balaban J connectivity index is 1.58. The van der Waals surface area contributed by atoms with E-state index in [9.17, 15) is 9.59 Å². The molecule has 1 aliphatic rings. The molecule has 8 nitrogen and oxygen atoms in total. The Labute approximate surface area is 172 Å². The fraction of sp³-hybridized carbons (Fsp3) is 0.400. The fourth-order valence-electron chi connectivity index (χ4n) is 3.54. The molecule has 1 aromatic carbocycles. The summed E-state index contributed by atoms with van der Waals surface area (Å²) >= 11 is 1.38. The standard InChI is InChI=1S/C20H23N5O3S/c1-13-12-29-20-22-19(27)17(23-25(13)20)15-5-3-4-6-16(15)21-18(26)14-7-8-24(11-14)9-10-28-2/h3-6,12,14H,7-11H2,1-2H3,(H,21,26)/t14-/m1/s1. The molecule has 0 aliphatic carbocycles. The molecule has 0 bridgehead atoms. The Bertz CT molecular complexity index is 1090. The molecule has 1 atom stereocenters. The summed E-state index contributed by atoms with van der Waals surface area (Å²) < 4.78 is 6.78. The highest BCUT2D eigenvalue weighted by atomic mass is 32.1. The number of methoxy groups -OCH3 is 1. The molecule has 0 spiro atoms. The molecule has 2 aromatic heterocycles. The molecule has 0 radical (unpaired) electrons. The van der Waals surface area contributed by atoms with Crippen LogP contribution < -0.4 is 10.9 Å². The second-order valence-corrected chi connectivity index (χ2v) is 7.99. The quantitative estimate of drug-likeness (QED) is 0.665. The zero-order chi connectivity index (χ0) is 20.4. The second-order valence-electron chi connectivity index (χ2n) is 7.15. The fourth-order valence-corrected chi connectivity index (χ4v) is 4.34. The SMILES string of the molecule is COCCN1CC[C@@H](C(=O)Nc2ccccc2-c2nn3c(C)csc3nc2=O)C1. The van der Waals surface area contributed by atoms with Crippen molar-refractivity contribution >= 4 is 27.9 Å². The summed E-state index contributed by atoms with van der Waals surface area (Å²) in [6.45, 7) is 4.98. The lowest BCUT2D eigenvalue weighted by atomic mass is 10.1. The normalized spacial score (nSPS) is 17.1. The van der Waals surface area contributed by atoms with Crippen LogP contribution in [0.15, 0.2) is 34.4 Å². The summed E-state index contributed by atoms with van der Waals surface area (Å²) in [4.78, 5) is 32.3. The van der Waals surface area contributed by atoms with Gasteiger partial charge in [0.25, 0.3) is 0 Å². The van der Waals surface area contributed by atoms with Crippen molar-refractivity contribution in [3.05, 3.63) is 45.7 Å². The Morgan fingerprint density at radius 1 is 1.38 bits per heavy atom. The van der Waals surface area contributed by atoms with Crippen LogP contribution in [0.1, 0.15) is 12.1 Å². The first kappa shape index (κ1) is 19.7. The van der Waals surface area contributed by atoms with Crippen LogP contribution in [-0.2, 0) is 9.53 Å². The van der Waals surface area contributed by atoms with Crippen LogP contribution in [0.4, 0.5) is 5.69 Å². The number of amides is 1. The van der Waals surface area contributed by atoms with E-state index in [4.69, 9.17) is 4.74 Å². The number of hydrogen-bond acceptors (Lipinski definition) is 7. The van der Waals surface area contributed by atoms with E-state index < -0.39 is 5.56 Å². The molecule has 0 unspecified atom stereocenters. The van der Waals surface area contributed by atoms with Gasteiger partial charge in [-0.05, 0) is 26.0 Å². The number of ether oxygens (including phenoxy) is 1. The Morgan fingerprint density at radius 2 is 2.21 bits per heavy atom. The monoisotopic (exact) mass is 413 g/mol. The number of rotatable bonds is 6. The van der Waals surface area contributed by atoms with Gasteiger partial charge in [0.2, 0.25) is 10.9 Å². The van der Waals surface area contributed by atoms with Gasteiger partial charge >= 0.3 is 5.56 Å². The minimum Gasteiger partial charge on any atom is -0.383 e. The van der Waals surface area contributed by atoms with E-state index in [1.165, 1.54) is 11.3 Å². The van der Waals surface area contributed by atoms with Gasteiger partial charge in [0.1, 0.15) is 0 Å². The number of hydrogen-bond donors (Lipinski definition) is 1. The van der Waals surface area contributed by atoms with Crippen LogP contribution in [0.5, 0.6) is 0 Å². The molecule has 1 fully saturated rings. The maximum absolute atomic E-state index is 12.8. The van der Waals surface area contributed by atoms with E-state index in [-0.39, 0.29) is 17.5 Å². The van der Waals surface area contributed by atoms with Crippen molar-refractivity contribution in [1.82, 2.24) is 19.5 Å².